The van der Waals surface area contributed by atoms with E-state index in [9.17, 15) is 24.6 Å². The molecule has 8 heteroatoms. The molecule has 200 valence electrons. The standard InChI is InChI=1S/C29H39N3O5/c1-27(2,3)7-8-29(25(34)35,26(36)37)15-21-16-32-22(5-4-6-23(32)31-21)24(33)30-17-28-12-18-9-19(13-28)11-20(10-18)14-28/h4-6,16,18-20H,7-15,17H2,1-3H3,(H,30,33)(H,34,35)(H,36,37). The molecule has 2 heterocycles. The molecule has 0 radical (unpaired) electrons. The Balaban J connectivity index is 1.35. The normalized spacial score (nSPS) is 26.9. The quantitative estimate of drug-likeness (QED) is 0.417. The number of carboxylic acid groups (broad SMARTS) is 2. The van der Waals surface area contributed by atoms with Crippen molar-refractivity contribution in [2.45, 2.75) is 78.6 Å². The summed E-state index contributed by atoms with van der Waals surface area (Å²) >= 11 is 0. The van der Waals surface area contributed by atoms with E-state index < -0.39 is 17.4 Å². The molecule has 2 aromatic heterocycles. The van der Waals surface area contributed by atoms with E-state index in [0.717, 1.165) is 17.8 Å². The van der Waals surface area contributed by atoms with Crippen LogP contribution >= 0.6 is 0 Å². The van der Waals surface area contributed by atoms with Crippen molar-refractivity contribution >= 4 is 23.5 Å². The number of carboxylic acids is 2. The zero-order valence-electron chi connectivity index (χ0n) is 22.1. The molecule has 3 N–H and O–H groups in total. The number of carbonyl (C=O) groups excluding carboxylic acids is 1. The van der Waals surface area contributed by atoms with Crippen LogP contribution in [-0.4, -0.2) is 44.0 Å². The minimum atomic E-state index is -1.98. The average molecular weight is 510 g/mol. The van der Waals surface area contributed by atoms with Gasteiger partial charge in [-0.15, -0.1) is 0 Å². The van der Waals surface area contributed by atoms with Gasteiger partial charge in [0.2, 0.25) is 0 Å². The first kappa shape index (κ1) is 25.7. The predicted molar refractivity (Wildman–Crippen MR) is 138 cm³/mol. The maximum Gasteiger partial charge on any atom is 0.321 e. The fraction of sp³-hybridized carbons (Fsp3) is 0.655. The molecular weight excluding hydrogens is 470 g/mol. The van der Waals surface area contributed by atoms with Crippen LogP contribution in [0.1, 0.15) is 88.3 Å². The average Bonchev–Trinajstić information content (AvgIpc) is 3.21. The summed E-state index contributed by atoms with van der Waals surface area (Å²) in [6.45, 7) is 6.56. The number of aliphatic carboxylic acids is 2. The third-order valence-corrected chi connectivity index (χ3v) is 9.17. The van der Waals surface area contributed by atoms with Crippen LogP contribution in [0.2, 0.25) is 0 Å². The molecule has 4 bridgehead atoms. The number of amides is 1. The van der Waals surface area contributed by atoms with E-state index in [4.69, 9.17) is 0 Å². The van der Waals surface area contributed by atoms with E-state index in [-0.39, 0.29) is 29.6 Å². The molecule has 0 unspecified atom stereocenters. The van der Waals surface area contributed by atoms with Gasteiger partial charge < -0.3 is 15.5 Å². The number of hydrogen-bond donors (Lipinski definition) is 3. The van der Waals surface area contributed by atoms with E-state index in [1.165, 1.54) is 38.5 Å². The number of aromatic nitrogens is 2. The second kappa shape index (κ2) is 9.14. The minimum absolute atomic E-state index is 0.00650. The molecular formula is C29H39N3O5. The zero-order chi connectivity index (χ0) is 26.6. The minimum Gasteiger partial charge on any atom is -0.480 e. The van der Waals surface area contributed by atoms with Crippen molar-refractivity contribution in [2.75, 3.05) is 6.54 Å². The van der Waals surface area contributed by atoms with Crippen molar-refractivity contribution in [2.24, 2.45) is 34.0 Å². The highest BCUT2D eigenvalue weighted by atomic mass is 16.4. The van der Waals surface area contributed by atoms with Crippen LogP contribution in [0.25, 0.3) is 5.65 Å². The van der Waals surface area contributed by atoms with E-state index >= 15 is 0 Å². The van der Waals surface area contributed by atoms with Gasteiger partial charge in [0.15, 0.2) is 5.41 Å². The number of rotatable bonds is 9. The largest absolute Gasteiger partial charge is 0.480 e. The summed E-state index contributed by atoms with van der Waals surface area (Å²) in [6, 6.07) is 5.24. The van der Waals surface area contributed by atoms with E-state index in [0.29, 0.717) is 30.0 Å². The number of imidazole rings is 1. The summed E-state index contributed by atoms with van der Waals surface area (Å²) in [5.74, 6) is -0.482. The molecule has 0 saturated heterocycles. The van der Waals surface area contributed by atoms with Crippen molar-refractivity contribution in [3.05, 3.63) is 35.8 Å². The monoisotopic (exact) mass is 509 g/mol. The molecule has 4 aliphatic carbocycles. The van der Waals surface area contributed by atoms with E-state index in [1.807, 2.05) is 20.8 Å². The number of fused-ring (bicyclic) bond motifs is 1. The van der Waals surface area contributed by atoms with Gasteiger partial charge in [-0.25, -0.2) is 4.98 Å². The summed E-state index contributed by atoms with van der Waals surface area (Å²) in [5.41, 5.74) is -0.707. The Kier molecular flexibility index (Phi) is 6.35. The second-order valence-electron chi connectivity index (χ2n) is 13.4. The zero-order valence-corrected chi connectivity index (χ0v) is 22.1. The Labute approximate surface area is 217 Å². The Hall–Kier alpha value is -2.90. The molecule has 0 aromatic carbocycles. The number of pyridine rings is 1. The SMILES string of the molecule is CC(C)(C)CCC(Cc1cn2c(C(=O)NCC34CC5CC(CC(C5)C3)C4)cccc2n1)(C(=O)O)C(=O)O. The van der Waals surface area contributed by atoms with Crippen LogP contribution in [0.3, 0.4) is 0 Å². The maximum absolute atomic E-state index is 13.3. The van der Waals surface area contributed by atoms with E-state index in [1.54, 1.807) is 28.8 Å². The first-order valence-electron chi connectivity index (χ1n) is 13.6. The lowest BCUT2D eigenvalue weighted by Crippen LogP contribution is -2.51. The lowest BCUT2D eigenvalue weighted by Gasteiger charge is -2.56. The highest BCUT2D eigenvalue weighted by Crippen LogP contribution is 2.59. The second-order valence-corrected chi connectivity index (χ2v) is 13.4. The van der Waals surface area contributed by atoms with Crippen LogP contribution in [0, 0.1) is 34.0 Å². The predicted octanol–water partition coefficient (Wildman–Crippen LogP) is 4.80. The molecule has 6 rings (SSSR count). The molecule has 4 saturated carbocycles. The Morgan fingerprint density at radius 1 is 1.00 bits per heavy atom. The van der Waals surface area contributed by atoms with Crippen LogP contribution < -0.4 is 5.32 Å². The van der Waals surface area contributed by atoms with Gasteiger partial charge in [0.1, 0.15) is 11.3 Å². The molecule has 4 fully saturated rings. The molecule has 2 aromatic rings. The fourth-order valence-electron chi connectivity index (χ4n) is 7.64. The molecule has 0 aliphatic heterocycles. The Morgan fingerprint density at radius 3 is 2.14 bits per heavy atom. The molecule has 0 spiro atoms. The third kappa shape index (κ3) is 4.99. The number of nitrogens with zero attached hydrogens (tertiary/aromatic N) is 2. The molecule has 1 amide bonds. The Bertz CT molecular complexity index is 1170. The topological polar surface area (TPSA) is 121 Å². The third-order valence-electron chi connectivity index (χ3n) is 9.17. The van der Waals surface area contributed by atoms with Gasteiger partial charge in [-0.1, -0.05) is 26.8 Å². The summed E-state index contributed by atoms with van der Waals surface area (Å²) < 4.78 is 1.66. The summed E-state index contributed by atoms with van der Waals surface area (Å²) in [6.07, 6.45) is 9.50. The summed E-state index contributed by atoms with van der Waals surface area (Å²) in [4.78, 5) is 42.3. The number of hydrogen-bond acceptors (Lipinski definition) is 4. The van der Waals surface area contributed by atoms with Gasteiger partial charge >= 0.3 is 11.9 Å². The van der Waals surface area contributed by atoms with E-state index in [2.05, 4.69) is 10.3 Å². The number of nitrogens with one attached hydrogen (secondary N) is 1. The van der Waals surface area contributed by atoms with Crippen molar-refractivity contribution in [3.63, 3.8) is 0 Å². The van der Waals surface area contributed by atoms with Crippen LogP contribution in [0.5, 0.6) is 0 Å². The van der Waals surface area contributed by atoms with Crippen LogP contribution in [0.15, 0.2) is 24.4 Å². The van der Waals surface area contributed by atoms with Crippen LogP contribution in [-0.2, 0) is 16.0 Å². The molecule has 8 nitrogen and oxygen atoms in total. The highest BCUT2D eigenvalue weighted by Gasteiger charge is 2.51. The Morgan fingerprint density at radius 2 is 1.59 bits per heavy atom. The fourth-order valence-corrected chi connectivity index (χ4v) is 7.64. The molecule has 37 heavy (non-hydrogen) atoms. The summed E-state index contributed by atoms with van der Waals surface area (Å²) in [5, 5.41) is 23.2. The molecule has 0 atom stereocenters. The summed E-state index contributed by atoms with van der Waals surface area (Å²) in [7, 11) is 0. The van der Waals surface area contributed by atoms with Gasteiger partial charge in [0.05, 0.1) is 5.69 Å². The van der Waals surface area contributed by atoms with Gasteiger partial charge in [-0.3, -0.25) is 18.8 Å². The van der Waals surface area contributed by atoms with Crippen molar-refractivity contribution < 1.29 is 24.6 Å². The lowest BCUT2D eigenvalue weighted by molar-refractivity contribution is -0.165. The van der Waals surface area contributed by atoms with Gasteiger partial charge in [0.25, 0.3) is 5.91 Å². The van der Waals surface area contributed by atoms with Crippen molar-refractivity contribution in [1.82, 2.24) is 14.7 Å². The maximum atomic E-state index is 13.3. The van der Waals surface area contributed by atoms with Crippen LogP contribution in [0.4, 0.5) is 0 Å². The highest BCUT2D eigenvalue weighted by molar-refractivity contribution is 5.98. The molecule has 4 aliphatic rings. The van der Waals surface area contributed by atoms with Gasteiger partial charge in [-0.05, 0) is 92.1 Å². The van der Waals surface area contributed by atoms with Gasteiger partial charge in [0, 0.05) is 19.2 Å². The lowest BCUT2D eigenvalue weighted by atomic mass is 9.49. The van der Waals surface area contributed by atoms with Gasteiger partial charge in [-0.2, -0.15) is 0 Å². The van der Waals surface area contributed by atoms with Crippen molar-refractivity contribution in [3.8, 4) is 0 Å². The van der Waals surface area contributed by atoms with Crippen molar-refractivity contribution in [1.29, 1.82) is 0 Å². The number of carbonyl (C=O) groups is 3. The smallest absolute Gasteiger partial charge is 0.321 e. The first-order chi connectivity index (χ1) is 17.4. The first-order valence-corrected chi connectivity index (χ1v) is 13.6.